The molecule has 0 aliphatic carbocycles. The van der Waals surface area contributed by atoms with E-state index in [4.69, 9.17) is 0 Å². The van der Waals surface area contributed by atoms with Gasteiger partial charge in [-0.3, -0.25) is 9.78 Å². The number of nitrogens with one attached hydrogen (secondary N) is 1. The third kappa shape index (κ3) is 3.89. The van der Waals surface area contributed by atoms with Gasteiger partial charge in [0.1, 0.15) is 6.04 Å². The molecular weight excluding hydrogens is 268 g/mol. The first kappa shape index (κ1) is 14.7. The summed E-state index contributed by atoms with van der Waals surface area (Å²) in [5, 5.41) is 11.8. The highest BCUT2D eigenvalue weighted by atomic mass is 16.4. The van der Waals surface area contributed by atoms with Gasteiger partial charge in [0.25, 0.3) is 5.91 Å². The van der Waals surface area contributed by atoms with E-state index in [2.05, 4.69) is 10.3 Å². The fourth-order valence-corrected chi connectivity index (χ4v) is 2.01. The molecule has 0 saturated carbocycles. The fourth-order valence-electron chi connectivity index (χ4n) is 2.01. The monoisotopic (exact) mass is 284 g/mol. The molecule has 21 heavy (non-hydrogen) atoms. The second-order valence-electron chi connectivity index (χ2n) is 4.69. The molecule has 0 spiro atoms. The molecule has 1 atom stereocenters. The zero-order valence-corrected chi connectivity index (χ0v) is 11.6. The lowest BCUT2D eigenvalue weighted by molar-refractivity contribution is -0.139. The largest absolute Gasteiger partial charge is 0.480 e. The van der Waals surface area contributed by atoms with Crippen LogP contribution in [0.4, 0.5) is 0 Å². The fraction of sp³-hybridized carbons (Fsp3) is 0.188. The SMILES string of the molecule is Cc1ncccc1C(=O)N[C@H](Cc1ccccc1)C(=O)O. The van der Waals surface area contributed by atoms with E-state index in [0.29, 0.717) is 11.3 Å². The van der Waals surface area contributed by atoms with Gasteiger partial charge in [-0.25, -0.2) is 4.79 Å². The van der Waals surface area contributed by atoms with E-state index >= 15 is 0 Å². The Bertz CT molecular complexity index is 641. The van der Waals surface area contributed by atoms with Crippen molar-refractivity contribution < 1.29 is 14.7 Å². The average molecular weight is 284 g/mol. The zero-order chi connectivity index (χ0) is 15.2. The lowest BCUT2D eigenvalue weighted by Crippen LogP contribution is -2.42. The summed E-state index contributed by atoms with van der Waals surface area (Å²) in [6, 6.07) is 11.5. The van der Waals surface area contributed by atoms with Gasteiger partial charge >= 0.3 is 5.97 Å². The van der Waals surface area contributed by atoms with Crippen molar-refractivity contribution in [1.29, 1.82) is 0 Å². The van der Waals surface area contributed by atoms with Crippen LogP contribution in [-0.4, -0.2) is 28.0 Å². The molecule has 2 rings (SSSR count). The Kier molecular flexibility index (Phi) is 4.66. The van der Waals surface area contributed by atoms with Crippen LogP contribution in [0.1, 0.15) is 21.6 Å². The Labute approximate surface area is 122 Å². The maximum Gasteiger partial charge on any atom is 0.326 e. The lowest BCUT2D eigenvalue weighted by atomic mass is 10.1. The number of carboxylic acids is 1. The molecular formula is C16H16N2O3. The number of benzene rings is 1. The maximum atomic E-state index is 12.2. The van der Waals surface area contributed by atoms with Gasteiger partial charge in [0.05, 0.1) is 5.56 Å². The van der Waals surface area contributed by atoms with Crippen LogP contribution < -0.4 is 5.32 Å². The topological polar surface area (TPSA) is 79.3 Å². The van der Waals surface area contributed by atoms with Gasteiger partial charge in [-0.2, -0.15) is 0 Å². The van der Waals surface area contributed by atoms with Gasteiger partial charge in [-0.15, -0.1) is 0 Å². The molecule has 0 radical (unpaired) electrons. The van der Waals surface area contributed by atoms with Gasteiger partial charge < -0.3 is 10.4 Å². The highest BCUT2D eigenvalue weighted by Gasteiger charge is 2.21. The molecule has 2 N–H and O–H groups in total. The van der Waals surface area contributed by atoms with Gasteiger partial charge in [-0.05, 0) is 24.6 Å². The van der Waals surface area contributed by atoms with Crippen LogP contribution in [0, 0.1) is 6.92 Å². The maximum absolute atomic E-state index is 12.2. The molecule has 2 aromatic rings. The molecule has 0 unspecified atom stereocenters. The van der Waals surface area contributed by atoms with E-state index in [1.54, 1.807) is 25.3 Å². The number of nitrogens with zero attached hydrogens (tertiary/aromatic N) is 1. The van der Waals surface area contributed by atoms with Crippen molar-refractivity contribution in [1.82, 2.24) is 10.3 Å². The van der Waals surface area contributed by atoms with Crippen molar-refractivity contribution in [2.75, 3.05) is 0 Å². The van der Waals surface area contributed by atoms with Crippen LogP contribution in [0.3, 0.4) is 0 Å². The van der Waals surface area contributed by atoms with Gasteiger partial charge in [-0.1, -0.05) is 30.3 Å². The molecule has 1 amide bonds. The number of amides is 1. The van der Waals surface area contributed by atoms with E-state index in [1.165, 1.54) is 0 Å². The zero-order valence-electron chi connectivity index (χ0n) is 11.6. The number of hydrogen-bond donors (Lipinski definition) is 2. The minimum absolute atomic E-state index is 0.237. The Morgan fingerprint density at radius 2 is 1.90 bits per heavy atom. The standard InChI is InChI=1S/C16H16N2O3/c1-11-13(8-5-9-17-11)15(19)18-14(16(20)21)10-12-6-3-2-4-7-12/h2-9,14H,10H2,1H3,(H,18,19)(H,20,21)/t14-/m1/s1. The number of pyridine rings is 1. The Hall–Kier alpha value is -2.69. The van der Waals surface area contributed by atoms with Crippen LogP contribution in [0.2, 0.25) is 0 Å². The predicted octanol–water partition coefficient (Wildman–Crippen LogP) is 1.82. The molecule has 1 aromatic carbocycles. The molecule has 0 saturated heterocycles. The molecule has 0 bridgehead atoms. The highest BCUT2D eigenvalue weighted by molar-refractivity contribution is 5.97. The van der Waals surface area contributed by atoms with E-state index in [1.807, 2.05) is 30.3 Å². The van der Waals surface area contributed by atoms with Crippen LogP contribution in [0.15, 0.2) is 48.7 Å². The first-order valence-electron chi connectivity index (χ1n) is 6.57. The first-order valence-corrected chi connectivity index (χ1v) is 6.57. The third-order valence-corrected chi connectivity index (χ3v) is 3.14. The number of aromatic nitrogens is 1. The minimum atomic E-state index is -1.06. The van der Waals surface area contributed by atoms with Crippen molar-refractivity contribution in [2.24, 2.45) is 0 Å². The summed E-state index contributed by atoms with van der Waals surface area (Å²) >= 11 is 0. The second-order valence-corrected chi connectivity index (χ2v) is 4.69. The smallest absolute Gasteiger partial charge is 0.326 e. The van der Waals surface area contributed by atoms with E-state index in [-0.39, 0.29) is 6.42 Å². The molecule has 5 nitrogen and oxygen atoms in total. The molecule has 0 aliphatic heterocycles. The number of carbonyl (C=O) groups excluding carboxylic acids is 1. The normalized spacial score (nSPS) is 11.7. The highest BCUT2D eigenvalue weighted by Crippen LogP contribution is 2.07. The number of aryl methyl sites for hydroxylation is 1. The van der Waals surface area contributed by atoms with Crippen LogP contribution in [0.5, 0.6) is 0 Å². The summed E-state index contributed by atoms with van der Waals surface area (Å²) in [4.78, 5) is 27.5. The predicted molar refractivity (Wildman–Crippen MR) is 78.0 cm³/mol. The van der Waals surface area contributed by atoms with Crippen LogP contribution in [0.25, 0.3) is 0 Å². The van der Waals surface area contributed by atoms with Crippen LogP contribution >= 0.6 is 0 Å². The number of carboxylic acid groups (broad SMARTS) is 1. The van der Waals surface area contributed by atoms with Gasteiger partial charge in [0, 0.05) is 18.3 Å². The number of hydrogen-bond acceptors (Lipinski definition) is 3. The van der Waals surface area contributed by atoms with E-state index in [0.717, 1.165) is 5.56 Å². The third-order valence-electron chi connectivity index (χ3n) is 3.14. The van der Waals surface area contributed by atoms with Gasteiger partial charge in [0.15, 0.2) is 0 Å². The first-order chi connectivity index (χ1) is 10.1. The second kappa shape index (κ2) is 6.65. The van der Waals surface area contributed by atoms with Crippen molar-refractivity contribution in [3.63, 3.8) is 0 Å². The summed E-state index contributed by atoms with van der Waals surface area (Å²) < 4.78 is 0. The van der Waals surface area contributed by atoms with Gasteiger partial charge in [0.2, 0.25) is 0 Å². The van der Waals surface area contributed by atoms with E-state index in [9.17, 15) is 14.7 Å². The van der Waals surface area contributed by atoms with Crippen molar-refractivity contribution in [3.05, 3.63) is 65.5 Å². The summed E-state index contributed by atoms with van der Waals surface area (Å²) in [7, 11) is 0. The lowest BCUT2D eigenvalue weighted by Gasteiger charge is -2.15. The Morgan fingerprint density at radius 1 is 1.19 bits per heavy atom. The minimum Gasteiger partial charge on any atom is -0.480 e. The van der Waals surface area contributed by atoms with Crippen molar-refractivity contribution in [2.45, 2.75) is 19.4 Å². The quantitative estimate of drug-likeness (QED) is 0.877. The van der Waals surface area contributed by atoms with Crippen molar-refractivity contribution in [3.8, 4) is 0 Å². The Balaban J connectivity index is 2.12. The number of rotatable bonds is 5. The molecule has 108 valence electrons. The summed E-state index contributed by atoms with van der Waals surface area (Å²) in [5.74, 6) is -1.49. The van der Waals surface area contributed by atoms with Crippen LogP contribution in [-0.2, 0) is 11.2 Å². The number of carbonyl (C=O) groups is 2. The summed E-state index contributed by atoms with van der Waals surface area (Å²) in [6.45, 7) is 1.71. The Morgan fingerprint density at radius 3 is 2.52 bits per heavy atom. The van der Waals surface area contributed by atoms with Crippen molar-refractivity contribution >= 4 is 11.9 Å². The molecule has 5 heteroatoms. The molecule has 1 aromatic heterocycles. The summed E-state index contributed by atoms with van der Waals surface area (Å²) in [6.07, 6.45) is 1.83. The van der Waals surface area contributed by atoms with E-state index < -0.39 is 17.9 Å². The summed E-state index contributed by atoms with van der Waals surface area (Å²) in [5.41, 5.74) is 1.81. The average Bonchev–Trinajstić information content (AvgIpc) is 2.48. The molecule has 0 fully saturated rings. The molecule has 1 heterocycles. The molecule has 0 aliphatic rings. The number of aliphatic carboxylic acids is 1.